The fourth-order valence-corrected chi connectivity index (χ4v) is 4.00. The molecule has 1 N–H and O–H groups in total. The van der Waals surface area contributed by atoms with Gasteiger partial charge in [-0.15, -0.1) is 0 Å². The van der Waals surface area contributed by atoms with Gasteiger partial charge in [0.2, 0.25) is 0 Å². The van der Waals surface area contributed by atoms with Crippen molar-refractivity contribution in [1.82, 2.24) is 5.32 Å². The molecule has 2 rings (SSSR count). The zero-order chi connectivity index (χ0) is 12.1. The van der Waals surface area contributed by atoms with Crippen LogP contribution in [0.1, 0.15) is 51.0 Å². The summed E-state index contributed by atoms with van der Waals surface area (Å²) < 4.78 is 0. The summed E-state index contributed by atoms with van der Waals surface area (Å²) in [6.45, 7) is 2.49. The molecule has 1 nitrogen and oxygen atoms in total. The third-order valence-electron chi connectivity index (χ3n) is 4.49. The lowest BCUT2D eigenvalue weighted by Gasteiger charge is -2.41. The second-order valence-corrected chi connectivity index (χ2v) is 6.51. The Balaban J connectivity index is 1.91. The third kappa shape index (κ3) is 3.32. The predicted molar refractivity (Wildman–Crippen MR) is 76.7 cm³/mol. The minimum absolute atomic E-state index is 0.531. The van der Waals surface area contributed by atoms with E-state index in [1.54, 1.807) is 0 Å². The van der Waals surface area contributed by atoms with Crippen LogP contribution in [0, 0.1) is 5.41 Å². The van der Waals surface area contributed by atoms with Gasteiger partial charge in [0, 0.05) is 6.04 Å². The van der Waals surface area contributed by atoms with Crippen molar-refractivity contribution in [3.8, 4) is 0 Å². The molecule has 1 fully saturated rings. The summed E-state index contributed by atoms with van der Waals surface area (Å²) in [5.41, 5.74) is 2.04. The first-order valence-corrected chi connectivity index (χ1v) is 7.87. The molecule has 1 heterocycles. The van der Waals surface area contributed by atoms with Crippen LogP contribution in [0.4, 0.5) is 0 Å². The van der Waals surface area contributed by atoms with Gasteiger partial charge in [0.25, 0.3) is 0 Å². The lowest BCUT2D eigenvalue weighted by Crippen LogP contribution is -2.43. The van der Waals surface area contributed by atoms with Gasteiger partial charge in [-0.25, -0.2) is 0 Å². The highest BCUT2D eigenvalue weighted by Crippen LogP contribution is 2.40. The van der Waals surface area contributed by atoms with E-state index in [9.17, 15) is 0 Å². The fraction of sp³-hybridized carbons (Fsp3) is 0.733. The van der Waals surface area contributed by atoms with Crippen molar-refractivity contribution < 1.29 is 0 Å². The minimum Gasteiger partial charge on any atom is -0.316 e. The number of rotatable bonds is 5. The quantitative estimate of drug-likeness (QED) is 0.825. The lowest BCUT2D eigenvalue weighted by molar-refractivity contribution is 0.143. The molecule has 0 aliphatic heterocycles. The first kappa shape index (κ1) is 13.1. The molecule has 1 aromatic rings. The average Bonchev–Trinajstić information content (AvgIpc) is 2.83. The van der Waals surface area contributed by atoms with Gasteiger partial charge in [0.05, 0.1) is 0 Å². The Morgan fingerprint density at radius 3 is 2.71 bits per heavy atom. The zero-order valence-electron chi connectivity index (χ0n) is 11.2. The van der Waals surface area contributed by atoms with Crippen molar-refractivity contribution in [2.45, 2.75) is 57.9 Å². The van der Waals surface area contributed by atoms with E-state index in [-0.39, 0.29) is 0 Å². The molecule has 0 radical (unpaired) electrons. The highest BCUT2D eigenvalue weighted by molar-refractivity contribution is 7.07. The number of aryl methyl sites for hydroxylation is 1. The highest BCUT2D eigenvalue weighted by Gasteiger charge is 2.33. The molecule has 1 aliphatic rings. The molecule has 1 atom stereocenters. The number of hydrogen-bond acceptors (Lipinski definition) is 2. The standard InChI is InChI=1S/C15H25NS/c1-15(9-4-3-5-10-15)14(16-2)7-6-13-8-11-17-12-13/h8,11-12,14,16H,3-7,9-10H2,1-2H3. The Bertz CT molecular complexity index is 312. The summed E-state index contributed by atoms with van der Waals surface area (Å²) >= 11 is 1.81. The van der Waals surface area contributed by atoms with Crippen molar-refractivity contribution in [2.24, 2.45) is 5.41 Å². The minimum atomic E-state index is 0.531. The second kappa shape index (κ2) is 6.01. The molecule has 1 aromatic heterocycles. The molecule has 0 saturated heterocycles. The molecule has 1 saturated carbocycles. The van der Waals surface area contributed by atoms with Crippen molar-refractivity contribution in [3.05, 3.63) is 22.4 Å². The predicted octanol–water partition coefficient (Wildman–Crippen LogP) is 4.24. The molecular formula is C15H25NS. The Morgan fingerprint density at radius 2 is 2.12 bits per heavy atom. The topological polar surface area (TPSA) is 12.0 Å². The molecule has 17 heavy (non-hydrogen) atoms. The van der Waals surface area contributed by atoms with Crippen molar-refractivity contribution in [3.63, 3.8) is 0 Å². The first-order valence-electron chi connectivity index (χ1n) is 6.93. The van der Waals surface area contributed by atoms with Gasteiger partial charge >= 0.3 is 0 Å². The van der Waals surface area contributed by atoms with Gasteiger partial charge in [-0.1, -0.05) is 26.2 Å². The van der Waals surface area contributed by atoms with Gasteiger partial charge < -0.3 is 5.32 Å². The normalized spacial score (nSPS) is 21.3. The maximum atomic E-state index is 3.58. The van der Waals surface area contributed by atoms with Crippen LogP contribution in [-0.2, 0) is 6.42 Å². The monoisotopic (exact) mass is 251 g/mol. The molecule has 1 aliphatic carbocycles. The molecule has 2 heteroatoms. The first-order chi connectivity index (χ1) is 8.24. The van der Waals surface area contributed by atoms with Crippen LogP contribution in [0.25, 0.3) is 0 Å². The summed E-state index contributed by atoms with van der Waals surface area (Å²) in [5, 5.41) is 8.05. The SMILES string of the molecule is CNC(CCc1ccsc1)C1(C)CCCCC1. The summed E-state index contributed by atoms with van der Waals surface area (Å²) in [6.07, 6.45) is 9.61. The zero-order valence-corrected chi connectivity index (χ0v) is 12.0. The van der Waals surface area contributed by atoms with E-state index in [0.29, 0.717) is 11.5 Å². The van der Waals surface area contributed by atoms with E-state index in [1.807, 2.05) is 11.3 Å². The van der Waals surface area contributed by atoms with Gasteiger partial charge in [-0.3, -0.25) is 0 Å². The van der Waals surface area contributed by atoms with Crippen LogP contribution in [0.2, 0.25) is 0 Å². The Hall–Kier alpha value is -0.340. The molecule has 96 valence electrons. The Labute approximate surface area is 110 Å². The van der Waals surface area contributed by atoms with Crippen LogP contribution in [0.5, 0.6) is 0 Å². The second-order valence-electron chi connectivity index (χ2n) is 5.73. The van der Waals surface area contributed by atoms with Crippen LogP contribution in [0.3, 0.4) is 0 Å². The summed E-state index contributed by atoms with van der Waals surface area (Å²) in [4.78, 5) is 0. The largest absolute Gasteiger partial charge is 0.316 e. The molecule has 0 amide bonds. The lowest BCUT2D eigenvalue weighted by atomic mass is 9.69. The van der Waals surface area contributed by atoms with E-state index in [1.165, 1.54) is 50.5 Å². The summed E-state index contributed by atoms with van der Waals surface area (Å²) in [7, 11) is 2.14. The van der Waals surface area contributed by atoms with Crippen molar-refractivity contribution in [1.29, 1.82) is 0 Å². The number of hydrogen-bond donors (Lipinski definition) is 1. The van der Waals surface area contributed by atoms with E-state index in [4.69, 9.17) is 0 Å². The molecule has 1 unspecified atom stereocenters. The number of nitrogens with one attached hydrogen (secondary N) is 1. The fourth-order valence-electron chi connectivity index (χ4n) is 3.30. The highest BCUT2D eigenvalue weighted by atomic mass is 32.1. The summed E-state index contributed by atoms with van der Waals surface area (Å²) in [5.74, 6) is 0. The van der Waals surface area contributed by atoms with Crippen LogP contribution >= 0.6 is 11.3 Å². The average molecular weight is 251 g/mol. The van der Waals surface area contributed by atoms with Crippen LogP contribution < -0.4 is 5.32 Å². The van der Waals surface area contributed by atoms with Gasteiger partial charge in [-0.2, -0.15) is 11.3 Å². The van der Waals surface area contributed by atoms with Crippen LogP contribution in [-0.4, -0.2) is 13.1 Å². The van der Waals surface area contributed by atoms with Crippen LogP contribution in [0.15, 0.2) is 16.8 Å². The van der Waals surface area contributed by atoms with E-state index < -0.39 is 0 Å². The molecule has 0 spiro atoms. The maximum absolute atomic E-state index is 3.58. The third-order valence-corrected chi connectivity index (χ3v) is 5.22. The smallest absolute Gasteiger partial charge is 0.0121 e. The maximum Gasteiger partial charge on any atom is 0.0121 e. The molecule has 0 aromatic carbocycles. The molecule has 0 bridgehead atoms. The Kier molecular flexibility index (Phi) is 4.63. The van der Waals surface area contributed by atoms with Gasteiger partial charge in [0.1, 0.15) is 0 Å². The van der Waals surface area contributed by atoms with E-state index in [2.05, 4.69) is 36.1 Å². The van der Waals surface area contributed by atoms with Gasteiger partial charge in [-0.05, 0) is 60.5 Å². The Morgan fingerprint density at radius 1 is 1.35 bits per heavy atom. The number of thiophene rings is 1. The van der Waals surface area contributed by atoms with Crippen molar-refractivity contribution >= 4 is 11.3 Å². The molecular weight excluding hydrogens is 226 g/mol. The van der Waals surface area contributed by atoms with E-state index in [0.717, 1.165) is 0 Å². The van der Waals surface area contributed by atoms with Gasteiger partial charge in [0.15, 0.2) is 0 Å². The summed E-state index contributed by atoms with van der Waals surface area (Å²) in [6, 6.07) is 2.95. The van der Waals surface area contributed by atoms with E-state index >= 15 is 0 Å². The van der Waals surface area contributed by atoms with Crippen molar-refractivity contribution in [2.75, 3.05) is 7.05 Å².